The van der Waals surface area contributed by atoms with Gasteiger partial charge in [0.05, 0.1) is 27.5 Å². The quantitative estimate of drug-likeness (QED) is 0.541. The minimum absolute atomic E-state index is 0.0458. The van der Waals surface area contributed by atoms with Crippen LogP contribution in [0.15, 0.2) is 58.0 Å². The number of Topliss-reactive ketones (excluding diaryl/α,β-unsaturated/α-hetero) is 1. The lowest BCUT2D eigenvalue weighted by molar-refractivity contribution is -0.125. The Morgan fingerprint density at radius 2 is 1.96 bits per heavy atom. The van der Waals surface area contributed by atoms with E-state index in [0.717, 1.165) is 24.7 Å². The van der Waals surface area contributed by atoms with Crippen molar-refractivity contribution in [3.8, 4) is 0 Å². The van der Waals surface area contributed by atoms with Gasteiger partial charge < -0.3 is 0 Å². The molecule has 4 nitrogen and oxygen atoms in total. The highest BCUT2D eigenvalue weighted by Crippen LogP contribution is 2.33. The number of carbonyl (C=O) groups is 2. The molecule has 0 N–H and O–H groups in total. The Morgan fingerprint density at radius 3 is 2.73 bits per heavy atom. The largest absolute Gasteiger partial charge is 0.298 e. The zero-order valence-electron chi connectivity index (χ0n) is 13.5. The Morgan fingerprint density at radius 1 is 1.19 bits per heavy atom. The molecule has 1 aromatic heterocycles. The Labute approximate surface area is 167 Å². The zero-order valence-corrected chi connectivity index (χ0v) is 16.7. The van der Waals surface area contributed by atoms with Crippen molar-refractivity contribution in [2.24, 2.45) is 0 Å². The predicted octanol–water partition coefficient (Wildman–Crippen LogP) is 4.82. The van der Waals surface area contributed by atoms with Gasteiger partial charge in [0.2, 0.25) is 5.91 Å². The average Bonchev–Trinajstić information content (AvgIpc) is 3.20. The van der Waals surface area contributed by atoms with Crippen LogP contribution in [0, 0.1) is 0 Å². The lowest BCUT2D eigenvalue weighted by atomic mass is 10.1. The second-order valence-electron chi connectivity index (χ2n) is 5.70. The third kappa shape index (κ3) is 3.60. The molecule has 0 bridgehead atoms. The first kappa shape index (κ1) is 17.5. The van der Waals surface area contributed by atoms with Gasteiger partial charge >= 0.3 is 0 Å². The van der Waals surface area contributed by atoms with Gasteiger partial charge in [0.15, 0.2) is 5.78 Å². The Kier molecular flexibility index (Phi) is 4.93. The Balaban J connectivity index is 1.58. The molecule has 1 amide bonds. The number of thiazole rings is 1. The summed E-state index contributed by atoms with van der Waals surface area (Å²) in [5.41, 5.74) is 1.54. The van der Waals surface area contributed by atoms with E-state index < -0.39 is 0 Å². The SMILES string of the molecule is O=C(CN1C(=O)CSC1=Cc1nc2ccccc2s1)c1ccc(Br)cc1. The summed E-state index contributed by atoms with van der Waals surface area (Å²) in [5, 5.41) is 1.61. The maximum Gasteiger partial charge on any atom is 0.238 e. The van der Waals surface area contributed by atoms with Crippen LogP contribution < -0.4 is 0 Å². The molecule has 0 spiro atoms. The summed E-state index contributed by atoms with van der Waals surface area (Å²) >= 11 is 6.38. The van der Waals surface area contributed by atoms with Crippen LogP contribution in [0.3, 0.4) is 0 Å². The molecule has 0 unspecified atom stereocenters. The van der Waals surface area contributed by atoms with Gasteiger partial charge in [-0.25, -0.2) is 4.98 Å². The standard InChI is InChI=1S/C19H13BrN2O2S2/c20-13-7-5-12(6-8-13)15(23)10-22-18(24)11-25-19(22)9-17-21-14-3-1-2-4-16(14)26-17/h1-9H,10-11H2. The van der Waals surface area contributed by atoms with Gasteiger partial charge in [0.1, 0.15) is 5.01 Å². The fraction of sp³-hybridized carbons (Fsp3) is 0.105. The molecule has 3 aromatic rings. The molecule has 1 aliphatic rings. The molecule has 130 valence electrons. The second-order valence-corrected chi connectivity index (χ2v) is 8.67. The number of halogens is 1. The number of ketones is 1. The highest BCUT2D eigenvalue weighted by molar-refractivity contribution is 9.10. The number of carbonyl (C=O) groups excluding carboxylic acids is 2. The molecule has 1 saturated heterocycles. The minimum atomic E-state index is -0.0800. The van der Waals surface area contributed by atoms with Crippen LogP contribution in [0.1, 0.15) is 15.4 Å². The van der Waals surface area contributed by atoms with Gasteiger partial charge in [-0.15, -0.1) is 11.3 Å². The van der Waals surface area contributed by atoms with Crippen LogP contribution in [0.2, 0.25) is 0 Å². The third-order valence-corrected chi connectivity index (χ3v) is 6.47. The topological polar surface area (TPSA) is 50.3 Å². The van der Waals surface area contributed by atoms with Gasteiger partial charge in [-0.2, -0.15) is 0 Å². The van der Waals surface area contributed by atoms with E-state index in [0.29, 0.717) is 11.3 Å². The van der Waals surface area contributed by atoms with Gasteiger partial charge in [0.25, 0.3) is 0 Å². The molecule has 0 radical (unpaired) electrons. The first-order valence-corrected chi connectivity index (χ1v) is 10.5. The van der Waals surface area contributed by atoms with E-state index in [2.05, 4.69) is 20.9 Å². The van der Waals surface area contributed by atoms with Crippen molar-refractivity contribution in [1.82, 2.24) is 9.88 Å². The van der Waals surface area contributed by atoms with E-state index in [-0.39, 0.29) is 18.2 Å². The van der Waals surface area contributed by atoms with Crippen molar-refractivity contribution < 1.29 is 9.59 Å². The van der Waals surface area contributed by atoms with Crippen LogP contribution in [0.4, 0.5) is 0 Å². The van der Waals surface area contributed by atoms with Crippen molar-refractivity contribution in [1.29, 1.82) is 0 Å². The molecule has 2 aromatic carbocycles. The number of hydrogen-bond acceptors (Lipinski definition) is 5. The molecule has 4 rings (SSSR count). The third-order valence-electron chi connectivity index (χ3n) is 3.94. The number of hydrogen-bond donors (Lipinski definition) is 0. The number of para-hydroxylation sites is 1. The van der Waals surface area contributed by atoms with Gasteiger partial charge in [-0.1, -0.05) is 52.0 Å². The van der Waals surface area contributed by atoms with Crippen molar-refractivity contribution in [2.75, 3.05) is 12.3 Å². The van der Waals surface area contributed by atoms with E-state index in [4.69, 9.17) is 0 Å². The first-order chi connectivity index (χ1) is 12.6. The second kappa shape index (κ2) is 7.34. The number of rotatable bonds is 4. The smallest absolute Gasteiger partial charge is 0.238 e. The predicted molar refractivity (Wildman–Crippen MR) is 110 cm³/mol. The number of thioether (sulfide) groups is 1. The molecule has 1 aliphatic heterocycles. The normalized spacial score (nSPS) is 16.0. The molecule has 2 heterocycles. The fourth-order valence-electron chi connectivity index (χ4n) is 2.63. The molecule has 0 aliphatic carbocycles. The highest BCUT2D eigenvalue weighted by atomic mass is 79.9. The van der Waals surface area contributed by atoms with Gasteiger partial charge in [-0.05, 0) is 24.3 Å². The van der Waals surface area contributed by atoms with Crippen LogP contribution in [0.5, 0.6) is 0 Å². The van der Waals surface area contributed by atoms with Crippen LogP contribution >= 0.6 is 39.0 Å². The van der Waals surface area contributed by atoms with Crippen molar-refractivity contribution in [3.63, 3.8) is 0 Å². The molecule has 0 saturated carbocycles. The molecular formula is C19H13BrN2O2S2. The average molecular weight is 445 g/mol. The number of amides is 1. The lowest BCUT2D eigenvalue weighted by Gasteiger charge is -2.16. The van der Waals surface area contributed by atoms with E-state index in [1.54, 1.807) is 28.4 Å². The molecule has 7 heteroatoms. The van der Waals surface area contributed by atoms with Crippen LogP contribution in [-0.4, -0.2) is 33.9 Å². The first-order valence-electron chi connectivity index (χ1n) is 7.89. The molecule has 1 fully saturated rings. The summed E-state index contributed by atoms with van der Waals surface area (Å²) in [6, 6.07) is 15.1. The fourth-order valence-corrected chi connectivity index (χ4v) is 4.82. The zero-order chi connectivity index (χ0) is 18.1. The maximum absolute atomic E-state index is 12.5. The summed E-state index contributed by atoms with van der Waals surface area (Å²) < 4.78 is 2.02. The van der Waals surface area contributed by atoms with Crippen molar-refractivity contribution in [2.45, 2.75) is 0 Å². The highest BCUT2D eigenvalue weighted by Gasteiger charge is 2.29. The summed E-state index contributed by atoms with van der Waals surface area (Å²) in [7, 11) is 0. The summed E-state index contributed by atoms with van der Waals surface area (Å²) in [6.07, 6.45) is 1.90. The minimum Gasteiger partial charge on any atom is -0.298 e. The van der Waals surface area contributed by atoms with Crippen LogP contribution in [0.25, 0.3) is 16.3 Å². The van der Waals surface area contributed by atoms with E-state index in [1.165, 1.54) is 11.8 Å². The van der Waals surface area contributed by atoms with Crippen molar-refractivity contribution in [3.05, 3.63) is 68.6 Å². The van der Waals surface area contributed by atoms with Crippen LogP contribution in [-0.2, 0) is 4.79 Å². The maximum atomic E-state index is 12.5. The Hall–Kier alpha value is -1.96. The number of fused-ring (bicyclic) bond motifs is 1. The van der Waals surface area contributed by atoms with E-state index in [1.807, 2.05) is 42.5 Å². The number of nitrogens with zero attached hydrogens (tertiary/aromatic N) is 2. The summed E-state index contributed by atoms with van der Waals surface area (Å²) in [5.74, 6) is 0.223. The lowest BCUT2D eigenvalue weighted by Crippen LogP contribution is -2.30. The Bertz CT molecular complexity index is 994. The van der Waals surface area contributed by atoms with Gasteiger partial charge in [0, 0.05) is 16.1 Å². The number of benzene rings is 2. The van der Waals surface area contributed by atoms with Crippen molar-refractivity contribution >= 4 is 67.0 Å². The molecular weight excluding hydrogens is 432 g/mol. The molecule has 26 heavy (non-hydrogen) atoms. The number of aromatic nitrogens is 1. The summed E-state index contributed by atoms with van der Waals surface area (Å²) in [4.78, 5) is 30.9. The van der Waals surface area contributed by atoms with E-state index >= 15 is 0 Å². The van der Waals surface area contributed by atoms with Gasteiger partial charge in [-0.3, -0.25) is 14.5 Å². The van der Waals surface area contributed by atoms with E-state index in [9.17, 15) is 9.59 Å². The molecule has 0 atom stereocenters. The monoisotopic (exact) mass is 444 g/mol. The summed E-state index contributed by atoms with van der Waals surface area (Å²) in [6.45, 7) is 0.0458.